The molecule has 1 atom stereocenters. The summed E-state index contributed by atoms with van der Waals surface area (Å²) >= 11 is 8.82. The topological polar surface area (TPSA) is 21.3 Å². The second-order valence-corrected chi connectivity index (χ2v) is 6.90. The molecule has 0 spiro atoms. The monoisotopic (exact) mass is 403 g/mol. The van der Waals surface area contributed by atoms with Gasteiger partial charge in [-0.3, -0.25) is 0 Å². The molecule has 1 N–H and O–H groups in total. The van der Waals surface area contributed by atoms with E-state index in [0.29, 0.717) is 6.04 Å². The zero-order chi connectivity index (χ0) is 13.8. The molecule has 0 aliphatic carbocycles. The van der Waals surface area contributed by atoms with E-state index in [-0.39, 0.29) is 0 Å². The SMILES string of the molecule is COc1c(Br)cc(CNC(C)c2cccs2)cc1Br. The molecule has 1 aromatic heterocycles. The molecule has 0 fully saturated rings. The van der Waals surface area contributed by atoms with E-state index in [1.807, 2.05) is 0 Å². The summed E-state index contributed by atoms with van der Waals surface area (Å²) in [5, 5.41) is 5.63. The highest BCUT2D eigenvalue weighted by molar-refractivity contribution is 9.11. The van der Waals surface area contributed by atoms with Gasteiger partial charge in [-0.25, -0.2) is 0 Å². The van der Waals surface area contributed by atoms with Gasteiger partial charge in [0.05, 0.1) is 16.1 Å². The van der Waals surface area contributed by atoms with Gasteiger partial charge in [0.2, 0.25) is 0 Å². The van der Waals surface area contributed by atoms with Crippen LogP contribution in [0.25, 0.3) is 0 Å². The molecule has 1 unspecified atom stereocenters. The number of hydrogen-bond donors (Lipinski definition) is 1. The van der Waals surface area contributed by atoms with Crippen LogP contribution in [-0.4, -0.2) is 7.11 Å². The maximum atomic E-state index is 5.30. The summed E-state index contributed by atoms with van der Waals surface area (Å²) in [5.41, 5.74) is 1.21. The van der Waals surface area contributed by atoms with Crippen molar-refractivity contribution in [2.24, 2.45) is 0 Å². The fourth-order valence-corrected chi connectivity index (χ4v) is 4.18. The van der Waals surface area contributed by atoms with Gasteiger partial charge in [0, 0.05) is 17.5 Å². The highest BCUT2D eigenvalue weighted by Gasteiger charge is 2.09. The predicted molar refractivity (Wildman–Crippen MR) is 88.0 cm³/mol. The van der Waals surface area contributed by atoms with Gasteiger partial charge < -0.3 is 10.1 Å². The average molecular weight is 405 g/mol. The zero-order valence-corrected chi connectivity index (χ0v) is 14.7. The lowest BCUT2D eigenvalue weighted by molar-refractivity contribution is 0.409. The van der Waals surface area contributed by atoms with E-state index in [1.165, 1.54) is 10.4 Å². The van der Waals surface area contributed by atoms with Crippen molar-refractivity contribution in [3.8, 4) is 5.75 Å². The highest BCUT2D eigenvalue weighted by Crippen LogP contribution is 2.34. The molecule has 0 saturated heterocycles. The molecular formula is C14H15Br2NOS. The van der Waals surface area contributed by atoms with Gasteiger partial charge >= 0.3 is 0 Å². The fraction of sp³-hybridized carbons (Fsp3) is 0.286. The van der Waals surface area contributed by atoms with E-state index in [4.69, 9.17) is 4.74 Å². The summed E-state index contributed by atoms with van der Waals surface area (Å²) in [6.45, 7) is 3.00. The molecule has 102 valence electrons. The van der Waals surface area contributed by atoms with Crippen molar-refractivity contribution in [1.82, 2.24) is 5.32 Å². The van der Waals surface area contributed by atoms with Gasteiger partial charge in [-0.15, -0.1) is 11.3 Å². The second kappa shape index (κ2) is 6.88. The van der Waals surface area contributed by atoms with Gasteiger partial charge in [0.15, 0.2) is 0 Å². The standard InChI is InChI=1S/C14H15Br2NOS/c1-9(13-4-3-5-19-13)17-8-10-6-11(15)14(18-2)12(16)7-10/h3-7,9,17H,8H2,1-2H3. The summed E-state index contributed by atoms with van der Waals surface area (Å²) in [5.74, 6) is 0.829. The number of benzene rings is 1. The Bertz CT molecular complexity index is 519. The van der Waals surface area contributed by atoms with Gasteiger partial charge in [0.25, 0.3) is 0 Å². The largest absolute Gasteiger partial charge is 0.494 e. The summed E-state index contributed by atoms with van der Waals surface area (Å²) in [6, 6.07) is 8.76. The molecule has 2 rings (SSSR count). The minimum absolute atomic E-state index is 0.361. The normalized spacial score (nSPS) is 12.4. The Hall–Kier alpha value is -0.360. The fourth-order valence-electron chi connectivity index (χ4n) is 1.82. The number of thiophene rings is 1. The Kier molecular flexibility index (Phi) is 5.45. The van der Waals surface area contributed by atoms with E-state index < -0.39 is 0 Å². The van der Waals surface area contributed by atoms with E-state index in [1.54, 1.807) is 18.4 Å². The predicted octanol–water partition coefficient (Wildman–Crippen LogP) is 5.13. The van der Waals surface area contributed by atoms with Crippen LogP contribution in [0.4, 0.5) is 0 Å². The third kappa shape index (κ3) is 3.81. The molecule has 0 radical (unpaired) electrons. The lowest BCUT2D eigenvalue weighted by atomic mass is 10.2. The smallest absolute Gasteiger partial charge is 0.147 e. The maximum Gasteiger partial charge on any atom is 0.147 e. The Morgan fingerprint density at radius 2 is 2.00 bits per heavy atom. The van der Waals surface area contributed by atoms with Crippen molar-refractivity contribution in [3.63, 3.8) is 0 Å². The average Bonchev–Trinajstić information content (AvgIpc) is 2.89. The highest BCUT2D eigenvalue weighted by atomic mass is 79.9. The molecule has 19 heavy (non-hydrogen) atoms. The molecule has 2 nitrogen and oxygen atoms in total. The van der Waals surface area contributed by atoms with Crippen molar-refractivity contribution in [1.29, 1.82) is 0 Å². The van der Waals surface area contributed by atoms with Gasteiger partial charge in [-0.2, -0.15) is 0 Å². The van der Waals surface area contributed by atoms with Crippen LogP contribution in [0.1, 0.15) is 23.4 Å². The van der Waals surface area contributed by atoms with Gasteiger partial charge in [-0.1, -0.05) is 6.07 Å². The summed E-state index contributed by atoms with van der Waals surface area (Å²) < 4.78 is 7.23. The lowest BCUT2D eigenvalue weighted by Gasteiger charge is -2.14. The van der Waals surface area contributed by atoms with Crippen molar-refractivity contribution in [2.45, 2.75) is 19.5 Å². The Labute approximate surface area is 134 Å². The minimum Gasteiger partial charge on any atom is -0.494 e. The van der Waals surface area contributed by atoms with Gasteiger partial charge in [-0.05, 0) is 67.9 Å². The molecule has 0 aliphatic heterocycles. The quantitative estimate of drug-likeness (QED) is 0.745. The minimum atomic E-state index is 0.361. The second-order valence-electron chi connectivity index (χ2n) is 4.21. The number of halogens is 2. The van der Waals surface area contributed by atoms with Crippen molar-refractivity contribution in [3.05, 3.63) is 49.0 Å². The maximum absolute atomic E-state index is 5.30. The van der Waals surface area contributed by atoms with Crippen LogP contribution in [0.15, 0.2) is 38.6 Å². The van der Waals surface area contributed by atoms with E-state index in [9.17, 15) is 0 Å². The number of methoxy groups -OCH3 is 1. The summed E-state index contributed by atoms with van der Waals surface area (Å²) in [6.07, 6.45) is 0. The van der Waals surface area contributed by atoms with Crippen LogP contribution in [0.5, 0.6) is 5.75 Å². The number of rotatable bonds is 5. The van der Waals surface area contributed by atoms with Crippen LogP contribution >= 0.6 is 43.2 Å². The first kappa shape index (κ1) is 15.0. The first-order chi connectivity index (χ1) is 9.11. The van der Waals surface area contributed by atoms with Crippen molar-refractivity contribution < 1.29 is 4.74 Å². The molecule has 1 aromatic carbocycles. The summed E-state index contributed by atoms with van der Waals surface area (Å²) in [7, 11) is 1.67. The summed E-state index contributed by atoms with van der Waals surface area (Å²) in [4.78, 5) is 1.35. The third-order valence-corrected chi connectivity index (χ3v) is 5.08. The molecule has 0 amide bonds. The first-order valence-corrected chi connectivity index (χ1v) is 8.37. The van der Waals surface area contributed by atoms with Gasteiger partial charge in [0.1, 0.15) is 5.75 Å². The van der Waals surface area contributed by atoms with Crippen LogP contribution in [0.3, 0.4) is 0 Å². The molecular weight excluding hydrogens is 390 g/mol. The van der Waals surface area contributed by atoms with E-state index >= 15 is 0 Å². The number of ether oxygens (including phenoxy) is 1. The Morgan fingerprint density at radius 3 is 2.53 bits per heavy atom. The van der Waals surface area contributed by atoms with Crippen LogP contribution in [-0.2, 0) is 6.54 Å². The van der Waals surface area contributed by atoms with Crippen molar-refractivity contribution in [2.75, 3.05) is 7.11 Å². The molecule has 2 aromatic rings. The van der Waals surface area contributed by atoms with Crippen molar-refractivity contribution >= 4 is 43.2 Å². The lowest BCUT2D eigenvalue weighted by Crippen LogP contribution is -2.17. The zero-order valence-electron chi connectivity index (χ0n) is 10.7. The van der Waals surface area contributed by atoms with E-state index in [0.717, 1.165) is 21.2 Å². The number of hydrogen-bond acceptors (Lipinski definition) is 3. The molecule has 0 saturated carbocycles. The Balaban J connectivity index is 2.04. The Morgan fingerprint density at radius 1 is 1.32 bits per heavy atom. The van der Waals surface area contributed by atoms with Crippen LogP contribution < -0.4 is 10.1 Å². The van der Waals surface area contributed by atoms with E-state index in [2.05, 4.69) is 73.7 Å². The number of nitrogens with one attached hydrogen (secondary N) is 1. The molecule has 0 bridgehead atoms. The first-order valence-electron chi connectivity index (χ1n) is 5.90. The molecule has 5 heteroatoms. The third-order valence-electron chi connectivity index (χ3n) is 2.84. The van der Waals surface area contributed by atoms with Crippen LogP contribution in [0.2, 0.25) is 0 Å². The molecule has 0 aliphatic rings. The van der Waals surface area contributed by atoms with Crippen LogP contribution in [0, 0.1) is 0 Å². The molecule has 1 heterocycles.